The molecule has 18 heavy (non-hydrogen) atoms. The number of allylic oxidation sites excluding steroid dienone is 1. The summed E-state index contributed by atoms with van der Waals surface area (Å²) in [5.41, 5.74) is 0.935. The van der Waals surface area contributed by atoms with Crippen molar-refractivity contribution >= 4 is 27.7 Å². The molecule has 1 atom stereocenters. The van der Waals surface area contributed by atoms with E-state index in [2.05, 4.69) is 38.1 Å². The molecule has 0 aromatic carbocycles. The van der Waals surface area contributed by atoms with Gasteiger partial charge in [0.1, 0.15) is 10.4 Å². The van der Waals surface area contributed by atoms with Crippen LogP contribution < -0.4 is 10.6 Å². The van der Waals surface area contributed by atoms with E-state index in [4.69, 9.17) is 0 Å². The Balaban J connectivity index is 2.72. The van der Waals surface area contributed by atoms with Crippen molar-refractivity contribution in [2.24, 2.45) is 0 Å². The number of hydrogen-bond donors (Lipinski definition) is 2. The molecule has 1 amide bonds. The molecule has 0 fully saturated rings. The third-order valence-corrected chi connectivity index (χ3v) is 3.07. The predicted molar refractivity (Wildman–Crippen MR) is 77.6 cm³/mol. The summed E-state index contributed by atoms with van der Waals surface area (Å²) in [5, 5.41) is 5.83. The standard InChI is InChI=1S/C13H18BrN3O/c1-4-5-6-10(15-3)13(18)17-12-9(2)7-8-11(14)16-12/h4,7-8,10,15H,1,5-6H2,2-3H3,(H,16,17,18). The number of anilines is 1. The van der Waals surface area contributed by atoms with Gasteiger partial charge in [0.25, 0.3) is 0 Å². The van der Waals surface area contributed by atoms with Crippen LogP contribution in [0, 0.1) is 6.92 Å². The Kier molecular flexibility index (Phi) is 6.01. The van der Waals surface area contributed by atoms with E-state index < -0.39 is 0 Å². The Morgan fingerprint density at radius 2 is 2.33 bits per heavy atom. The Morgan fingerprint density at radius 3 is 2.94 bits per heavy atom. The van der Waals surface area contributed by atoms with Crippen molar-refractivity contribution in [2.45, 2.75) is 25.8 Å². The van der Waals surface area contributed by atoms with Gasteiger partial charge in [0.2, 0.25) is 5.91 Å². The van der Waals surface area contributed by atoms with Crippen molar-refractivity contribution in [3.8, 4) is 0 Å². The smallest absolute Gasteiger partial charge is 0.242 e. The van der Waals surface area contributed by atoms with E-state index in [0.717, 1.165) is 18.4 Å². The molecule has 1 aromatic rings. The first-order valence-electron chi connectivity index (χ1n) is 5.80. The van der Waals surface area contributed by atoms with Crippen molar-refractivity contribution in [1.82, 2.24) is 10.3 Å². The van der Waals surface area contributed by atoms with Crippen LogP contribution in [0.25, 0.3) is 0 Å². The maximum Gasteiger partial charge on any atom is 0.242 e. The quantitative estimate of drug-likeness (QED) is 0.627. The summed E-state index contributed by atoms with van der Waals surface area (Å²) in [4.78, 5) is 16.3. The van der Waals surface area contributed by atoms with Crippen LogP contribution in [0.15, 0.2) is 29.4 Å². The van der Waals surface area contributed by atoms with Gasteiger partial charge in [-0.1, -0.05) is 12.1 Å². The molecule has 0 spiro atoms. The molecule has 1 aromatic heterocycles. The van der Waals surface area contributed by atoms with E-state index in [0.29, 0.717) is 10.4 Å². The summed E-state index contributed by atoms with van der Waals surface area (Å²) in [6, 6.07) is 3.52. The number of carbonyl (C=O) groups excluding carboxylic acids is 1. The average Bonchev–Trinajstić information content (AvgIpc) is 2.35. The van der Waals surface area contributed by atoms with Crippen molar-refractivity contribution < 1.29 is 4.79 Å². The highest BCUT2D eigenvalue weighted by molar-refractivity contribution is 9.10. The lowest BCUT2D eigenvalue weighted by Crippen LogP contribution is -2.38. The predicted octanol–water partition coefficient (Wildman–Crippen LogP) is 2.65. The Morgan fingerprint density at radius 1 is 1.61 bits per heavy atom. The van der Waals surface area contributed by atoms with Gasteiger partial charge in [-0.15, -0.1) is 6.58 Å². The summed E-state index contributed by atoms with van der Waals surface area (Å²) >= 11 is 3.29. The number of aryl methyl sites for hydroxylation is 1. The highest BCUT2D eigenvalue weighted by Crippen LogP contribution is 2.16. The monoisotopic (exact) mass is 311 g/mol. The molecule has 0 bridgehead atoms. The topological polar surface area (TPSA) is 54.0 Å². The van der Waals surface area contributed by atoms with E-state index in [1.54, 1.807) is 13.1 Å². The van der Waals surface area contributed by atoms with E-state index in [1.165, 1.54) is 0 Å². The summed E-state index contributed by atoms with van der Waals surface area (Å²) in [5.74, 6) is 0.515. The van der Waals surface area contributed by atoms with Crippen molar-refractivity contribution in [2.75, 3.05) is 12.4 Å². The summed E-state index contributed by atoms with van der Waals surface area (Å²) in [7, 11) is 1.77. The molecule has 1 unspecified atom stereocenters. The van der Waals surface area contributed by atoms with Gasteiger partial charge in [-0.3, -0.25) is 4.79 Å². The molecule has 0 radical (unpaired) electrons. The minimum absolute atomic E-state index is 0.0759. The van der Waals surface area contributed by atoms with Crippen LogP contribution >= 0.6 is 15.9 Å². The third-order valence-electron chi connectivity index (χ3n) is 2.63. The van der Waals surface area contributed by atoms with Crippen LogP contribution in [-0.2, 0) is 4.79 Å². The molecular weight excluding hydrogens is 294 g/mol. The summed E-state index contributed by atoms with van der Waals surface area (Å²) < 4.78 is 0.704. The zero-order valence-electron chi connectivity index (χ0n) is 10.7. The fourth-order valence-electron chi connectivity index (χ4n) is 1.53. The van der Waals surface area contributed by atoms with E-state index in [9.17, 15) is 4.79 Å². The highest BCUT2D eigenvalue weighted by Gasteiger charge is 2.16. The van der Waals surface area contributed by atoms with Gasteiger partial charge < -0.3 is 10.6 Å². The zero-order chi connectivity index (χ0) is 13.5. The first-order valence-corrected chi connectivity index (χ1v) is 6.60. The first kappa shape index (κ1) is 14.9. The van der Waals surface area contributed by atoms with Crippen LogP contribution in [0.5, 0.6) is 0 Å². The van der Waals surface area contributed by atoms with Crippen LogP contribution in [0.3, 0.4) is 0 Å². The molecule has 0 aliphatic carbocycles. The van der Waals surface area contributed by atoms with Gasteiger partial charge in [-0.2, -0.15) is 0 Å². The number of carbonyl (C=O) groups is 1. The molecule has 0 aliphatic rings. The van der Waals surface area contributed by atoms with Crippen LogP contribution in [0.4, 0.5) is 5.82 Å². The number of hydrogen-bond acceptors (Lipinski definition) is 3. The lowest BCUT2D eigenvalue weighted by atomic mass is 10.1. The Hall–Kier alpha value is -1.20. The number of aromatic nitrogens is 1. The number of nitrogens with zero attached hydrogens (tertiary/aromatic N) is 1. The van der Waals surface area contributed by atoms with Crippen molar-refractivity contribution in [1.29, 1.82) is 0 Å². The molecule has 1 rings (SSSR count). The van der Waals surface area contributed by atoms with Gasteiger partial charge in [-0.05, 0) is 54.4 Å². The van der Waals surface area contributed by atoms with Gasteiger partial charge >= 0.3 is 0 Å². The molecular formula is C13H18BrN3O. The molecule has 1 heterocycles. The zero-order valence-corrected chi connectivity index (χ0v) is 12.3. The first-order chi connectivity index (χ1) is 8.58. The molecule has 2 N–H and O–H groups in total. The lowest BCUT2D eigenvalue weighted by Gasteiger charge is -2.15. The van der Waals surface area contributed by atoms with Crippen molar-refractivity contribution in [3.63, 3.8) is 0 Å². The van der Waals surface area contributed by atoms with E-state index in [1.807, 2.05) is 19.1 Å². The third kappa shape index (κ3) is 4.23. The average molecular weight is 312 g/mol. The lowest BCUT2D eigenvalue weighted by molar-refractivity contribution is -0.118. The maximum absolute atomic E-state index is 12.0. The maximum atomic E-state index is 12.0. The number of amides is 1. The molecule has 4 nitrogen and oxygen atoms in total. The second-order valence-corrected chi connectivity index (χ2v) is 4.81. The summed E-state index contributed by atoms with van der Waals surface area (Å²) in [6.07, 6.45) is 3.32. The van der Waals surface area contributed by atoms with Gasteiger partial charge in [0.15, 0.2) is 0 Å². The molecule has 0 saturated heterocycles. The minimum atomic E-state index is -0.233. The second-order valence-electron chi connectivity index (χ2n) is 4.00. The number of halogens is 1. The van der Waals surface area contributed by atoms with E-state index >= 15 is 0 Å². The second kappa shape index (κ2) is 7.28. The number of nitrogens with one attached hydrogen (secondary N) is 2. The van der Waals surface area contributed by atoms with Crippen LogP contribution in [-0.4, -0.2) is 24.0 Å². The van der Waals surface area contributed by atoms with Gasteiger partial charge in [0, 0.05) is 0 Å². The van der Waals surface area contributed by atoms with Crippen LogP contribution in [0.1, 0.15) is 18.4 Å². The molecule has 0 aliphatic heterocycles. The van der Waals surface area contributed by atoms with Gasteiger partial charge in [0.05, 0.1) is 6.04 Å². The van der Waals surface area contributed by atoms with Crippen molar-refractivity contribution in [3.05, 3.63) is 35.0 Å². The minimum Gasteiger partial charge on any atom is -0.309 e. The van der Waals surface area contributed by atoms with Crippen LogP contribution in [0.2, 0.25) is 0 Å². The SMILES string of the molecule is C=CCCC(NC)C(=O)Nc1nc(Br)ccc1C. The number of likely N-dealkylation sites (N-methyl/N-ethyl adjacent to an activating group) is 1. The normalized spacial score (nSPS) is 11.9. The molecule has 0 saturated carbocycles. The van der Waals surface area contributed by atoms with E-state index in [-0.39, 0.29) is 11.9 Å². The van der Waals surface area contributed by atoms with Gasteiger partial charge in [-0.25, -0.2) is 4.98 Å². The fraction of sp³-hybridized carbons (Fsp3) is 0.385. The molecule has 98 valence electrons. The number of rotatable bonds is 6. The highest BCUT2D eigenvalue weighted by atomic mass is 79.9. The Bertz CT molecular complexity index is 434. The largest absolute Gasteiger partial charge is 0.309 e. The summed E-state index contributed by atoms with van der Waals surface area (Å²) in [6.45, 7) is 5.57. The molecule has 5 heteroatoms. The number of pyridine rings is 1. The Labute approximate surface area is 116 Å². The fourth-order valence-corrected chi connectivity index (χ4v) is 1.84.